The third-order valence-corrected chi connectivity index (χ3v) is 5.07. The molecule has 1 N–H and O–H groups in total. The summed E-state index contributed by atoms with van der Waals surface area (Å²) in [6.07, 6.45) is 0. The average Bonchev–Trinajstić information content (AvgIpc) is 3.16. The molecule has 0 amide bonds. The van der Waals surface area contributed by atoms with Crippen LogP contribution in [-0.2, 0) is 6.54 Å². The molecule has 1 heterocycles. The van der Waals surface area contributed by atoms with Crippen LogP contribution in [0.1, 0.15) is 23.5 Å². The van der Waals surface area contributed by atoms with E-state index in [1.807, 2.05) is 36.4 Å². The Balaban J connectivity index is 1.70. The lowest BCUT2D eigenvalue weighted by Gasteiger charge is -2.15. The van der Waals surface area contributed by atoms with Crippen LogP contribution in [0.25, 0.3) is 11.3 Å². The topological polar surface area (TPSA) is 43.4 Å². The van der Waals surface area contributed by atoms with Crippen LogP contribution in [0.5, 0.6) is 11.5 Å². The highest BCUT2D eigenvalue weighted by molar-refractivity contribution is 7.10. The molecule has 0 spiro atoms. The average molecular weight is 354 g/mol. The van der Waals surface area contributed by atoms with Crippen molar-refractivity contribution in [2.24, 2.45) is 0 Å². The summed E-state index contributed by atoms with van der Waals surface area (Å²) in [7, 11) is 3.32. The van der Waals surface area contributed by atoms with Gasteiger partial charge < -0.3 is 14.8 Å². The molecule has 130 valence electrons. The summed E-state index contributed by atoms with van der Waals surface area (Å²) >= 11 is 1.68. The van der Waals surface area contributed by atoms with Gasteiger partial charge in [0.15, 0.2) is 11.5 Å². The molecule has 0 bridgehead atoms. The standard InChI is InChI=1S/C20H22N2O2S/c1-14(20-22-17(13-25-20)15-8-5-4-6-9-15)21-12-16-10-7-11-18(23-2)19(16)24-3/h4-11,13-14,21H,12H2,1-3H3. The predicted molar refractivity (Wildman–Crippen MR) is 102 cm³/mol. The maximum absolute atomic E-state index is 5.49. The number of ether oxygens (including phenoxy) is 2. The van der Waals surface area contributed by atoms with Gasteiger partial charge in [-0.25, -0.2) is 4.98 Å². The lowest BCUT2D eigenvalue weighted by Crippen LogP contribution is -2.18. The first kappa shape index (κ1) is 17.5. The Kier molecular flexibility index (Phi) is 5.68. The van der Waals surface area contributed by atoms with Gasteiger partial charge in [0.2, 0.25) is 0 Å². The van der Waals surface area contributed by atoms with E-state index in [1.165, 1.54) is 0 Å². The SMILES string of the molecule is COc1cccc(CNC(C)c2nc(-c3ccccc3)cs2)c1OC. The Hall–Kier alpha value is -2.37. The van der Waals surface area contributed by atoms with E-state index in [1.54, 1.807) is 25.6 Å². The molecule has 25 heavy (non-hydrogen) atoms. The number of rotatable bonds is 7. The van der Waals surface area contributed by atoms with Gasteiger partial charge in [-0.15, -0.1) is 11.3 Å². The number of nitrogens with zero attached hydrogens (tertiary/aromatic N) is 1. The van der Waals surface area contributed by atoms with Crippen molar-refractivity contribution in [3.05, 3.63) is 64.5 Å². The molecular weight excluding hydrogens is 332 g/mol. The van der Waals surface area contributed by atoms with Crippen molar-refractivity contribution in [1.29, 1.82) is 0 Å². The molecular formula is C20H22N2O2S. The molecule has 0 fully saturated rings. The van der Waals surface area contributed by atoms with Crippen LogP contribution in [0.3, 0.4) is 0 Å². The van der Waals surface area contributed by atoms with Gasteiger partial charge in [-0.2, -0.15) is 0 Å². The number of methoxy groups -OCH3 is 2. The third-order valence-electron chi connectivity index (χ3n) is 4.05. The van der Waals surface area contributed by atoms with Gasteiger partial charge in [-0.3, -0.25) is 0 Å². The smallest absolute Gasteiger partial charge is 0.165 e. The Morgan fingerprint density at radius 3 is 2.56 bits per heavy atom. The fourth-order valence-electron chi connectivity index (χ4n) is 2.67. The maximum Gasteiger partial charge on any atom is 0.165 e. The van der Waals surface area contributed by atoms with E-state index < -0.39 is 0 Å². The largest absolute Gasteiger partial charge is 0.493 e. The lowest BCUT2D eigenvalue weighted by molar-refractivity contribution is 0.350. The molecule has 0 saturated heterocycles. The molecule has 0 saturated carbocycles. The van der Waals surface area contributed by atoms with Gasteiger partial charge in [0, 0.05) is 23.1 Å². The Bertz CT molecular complexity index is 818. The molecule has 0 aliphatic rings. The van der Waals surface area contributed by atoms with E-state index in [4.69, 9.17) is 14.5 Å². The second-order valence-electron chi connectivity index (χ2n) is 5.69. The highest BCUT2D eigenvalue weighted by Crippen LogP contribution is 2.31. The van der Waals surface area contributed by atoms with E-state index in [0.29, 0.717) is 6.54 Å². The van der Waals surface area contributed by atoms with Crippen LogP contribution in [-0.4, -0.2) is 19.2 Å². The molecule has 0 aliphatic heterocycles. The quantitative estimate of drug-likeness (QED) is 0.669. The van der Waals surface area contributed by atoms with Crippen LogP contribution < -0.4 is 14.8 Å². The van der Waals surface area contributed by atoms with Crippen molar-refractivity contribution in [2.75, 3.05) is 14.2 Å². The Labute approximate surface area is 152 Å². The van der Waals surface area contributed by atoms with Crippen LogP contribution in [0.4, 0.5) is 0 Å². The first-order valence-electron chi connectivity index (χ1n) is 8.17. The van der Waals surface area contributed by atoms with Crippen LogP contribution in [0.2, 0.25) is 0 Å². The number of hydrogen-bond acceptors (Lipinski definition) is 5. The zero-order chi connectivity index (χ0) is 17.6. The summed E-state index contributed by atoms with van der Waals surface area (Å²) in [5.74, 6) is 1.52. The molecule has 1 unspecified atom stereocenters. The minimum Gasteiger partial charge on any atom is -0.493 e. The van der Waals surface area contributed by atoms with Crippen molar-refractivity contribution >= 4 is 11.3 Å². The summed E-state index contributed by atoms with van der Waals surface area (Å²) < 4.78 is 10.8. The van der Waals surface area contributed by atoms with Crippen LogP contribution >= 0.6 is 11.3 Å². The highest BCUT2D eigenvalue weighted by Gasteiger charge is 2.14. The van der Waals surface area contributed by atoms with Crippen molar-refractivity contribution in [2.45, 2.75) is 19.5 Å². The molecule has 0 aliphatic carbocycles. The minimum atomic E-state index is 0.151. The molecule has 4 nitrogen and oxygen atoms in total. The van der Waals surface area contributed by atoms with Gasteiger partial charge in [0.1, 0.15) is 5.01 Å². The Morgan fingerprint density at radius 2 is 1.84 bits per heavy atom. The van der Waals surface area contributed by atoms with Gasteiger partial charge in [0.25, 0.3) is 0 Å². The fourth-order valence-corrected chi connectivity index (χ4v) is 3.53. The number of nitrogens with one attached hydrogen (secondary N) is 1. The first-order chi connectivity index (χ1) is 12.2. The number of benzene rings is 2. The summed E-state index contributed by atoms with van der Waals surface area (Å²) in [6.45, 7) is 2.81. The van der Waals surface area contributed by atoms with Gasteiger partial charge >= 0.3 is 0 Å². The van der Waals surface area contributed by atoms with E-state index in [0.717, 1.165) is 33.3 Å². The molecule has 1 aromatic heterocycles. The first-order valence-corrected chi connectivity index (χ1v) is 9.05. The van der Waals surface area contributed by atoms with Crippen LogP contribution in [0.15, 0.2) is 53.9 Å². The molecule has 0 radical (unpaired) electrons. The van der Waals surface area contributed by atoms with Crippen molar-refractivity contribution < 1.29 is 9.47 Å². The zero-order valence-corrected chi connectivity index (χ0v) is 15.5. The van der Waals surface area contributed by atoms with Crippen molar-refractivity contribution in [3.8, 4) is 22.8 Å². The third kappa shape index (κ3) is 4.00. The number of thiazole rings is 1. The number of hydrogen-bond donors (Lipinski definition) is 1. The second kappa shape index (κ2) is 8.14. The predicted octanol–water partition coefficient (Wildman–Crippen LogP) is 4.68. The fraction of sp³-hybridized carbons (Fsp3) is 0.250. The lowest BCUT2D eigenvalue weighted by atomic mass is 10.1. The molecule has 5 heteroatoms. The molecule has 3 aromatic rings. The summed E-state index contributed by atoms with van der Waals surface area (Å²) in [6, 6.07) is 16.3. The van der Waals surface area contributed by atoms with Crippen LogP contribution in [0, 0.1) is 0 Å². The number of para-hydroxylation sites is 1. The minimum absolute atomic E-state index is 0.151. The monoisotopic (exact) mass is 354 g/mol. The molecule has 2 aromatic carbocycles. The van der Waals surface area contributed by atoms with E-state index in [-0.39, 0.29) is 6.04 Å². The normalized spacial score (nSPS) is 12.0. The van der Waals surface area contributed by atoms with Gasteiger partial charge in [-0.05, 0) is 13.0 Å². The maximum atomic E-state index is 5.49. The van der Waals surface area contributed by atoms with E-state index in [9.17, 15) is 0 Å². The zero-order valence-electron chi connectivity index (χ0n) is 14.7. The molecule has 3 rings (SSSR count). The number of aromatic nitrogens is 1. The summed E-state index contributed by atoms with van der Waals surface area (Å²) in [5, 5.41) is 6.69. The van der Waals surface area contributed by atoms with E-state index in [2.05, 4.69) is 29.8 Å². The van der Waals surface area contributed by atoms with Gasteiger partial charge in [-0.1, -0.05) is 42.5 Å². The van der Waals surface area contributed by atoms with Crippen molar-refractivity contribution in [1.82, 2.24) is 10.3 Å². The van der Waals surface area contributed by atoms with Gasteiger partial charge in [0.05, 0.1) is 26.0 Å². The Morgan fingerprint density at radius 1 is 1.04 bits per heavy atom. The summed E-state index contributed by atoms with van der Waals surface area (Å²) in [4.78, 5) is 4.77. The highest BCUT2D eigenvalue weighted by atomic mass is 32.1. The van der Waals surface area contributed by atoms with Crippen molar-refractivity contribution in [3.63, 3.8) is 0 Å². The second-order valence-corrected chi connectivity index (χ2v) is 6.58. The summed E-state index contributed by atoms with van der Waals surface area (Å²) in [5.41, 5.74) is 3.23. The molecule has 1 atom stereocenters. The van der Waals surface area contributed by atoms with E-state index >= 15 is 0 Å².